The van der Waals surface area contributed by atoms with Gasteiger partial charge in [-0.3, -0.25) is 9.59 Å². The molecule has 0 saturated carbocycles. The molecule has 0 bridgehead atoms. The zero-order valence-electron chi connectivity index (χ0n) is 11.9. The van der Waals surface area contributed by atoms with Gasteiger partial charge in [0, 0.05) is 13.8 Å². The molecule has 6 heteroatoms. The van der Waals surface area contributed by atoms with Crippen molar-refractivity contribution in [3.8, 4) is 0 Å². The number of ether oxygens (including phenoxy) is 4. The average Bonchev–Trinajstić information content (AvgIpc) is 2.38. The summed E-state index contributed by atoms with van der Waals surface area (Å²) in [4.78, 5) is 21.9. The highest BCUT2D eigenvalue weighted by Crippen LogP contribution is 2.17. The predicted molar refractivity (Wildman–Crippen MR) is 70.8 cm³/mol. The van der Waals surface area contributed by atoms with E-state index in [4.69, 9.17) is 18.9 Å². The number of esters is 2. The van der Waals surface area contributed by atoms with Crippen LogP contribution >= 0.6 is 0 Å². The first-order chi connectivity index (χ1) is 9.52. The average molecular weight is 284 g/mol. The number of hydrogen-bond donors (Lipinski definition) is 0. The van der Waals surface area contributed by atoms with Crippen LogP contribution in [-0.2, 0) is 28.5 Å². The lowest BCUT2D eigenvalue weighted by Crippen LogP contribution is -2.42. The quantitative estimate of drug-likeness (QED) is 0.541. The Labute approximate surface area is 118 Å². The lowest BCUT2D eigenvalue weighted by atomic mass is 10.1. The Morgan fingerprint density at radius 1 is 1.25 bits per heavy atom. The molecule has 0 saturated heterocycles. The third-order valence-corrected chi connectivity index (χ3v) is 2.48. The van der Waals surface area contributed by atoms with Crippen LogP contribution in [0, 0.1) is 0 Å². The molecule has 0 aromatic heterocycles. The van der Waals surface area contributed by atoms with Crippen LogP contribution in [0.5, 0.6) is 0 Å². The maximum absolute atomic E-state index is 11.0. The minimum absolute atomic E-state index is 0.00109. The van der Waals surface area contributed by atoms with Gasteiger partial charge in [-0.05, 0) is 19.1 Å². The van der Waals surface area contributed by atoms with Gasteiger partial charge in [0.05, 0.1) is 6.61 Å². The summed E-state index contributed by atoms with van der Waals surface area (Å²) >= 11 is 0. The van der Waals surface area contributed by atoms with E-state index in [9.17, 15) is 9.59 Å². The summed E-state index contributed by atoms with van der Waals surface area (Å²) in [6.07, 6.45) is 5.33. The van der Waals surface area contributed by atoms with Gasteiger partial charge in [0.1, 0.15) is 18.8 Å². The van der Waals surface area contributed by atoms with Crippen LogP contribution in [-0.4, -0.2) is 43.7 Å². The smallest absolute Gasteiger partial charge is 0.303 e. The van der Waals surface area contributed by atoms with E-state index in [1.165, 1.54) is 13.8 Å². The van der Waals surface area contributed by atoms with E-state index in [1.54, 1.807) is 12.2 Å². The Morgan fingerprint density at radius 3 is 2.60 bits per heavy atom. The third-order valence-electron chi connectivity index (χ3n) is 2.48. The summed E-state index contributed by atoms with van der Waals surface area (Å²) < 4.78 is 21.0. The van der Waals surface area contributed by atoms with Crippen molar-refractivity contribution in [1.82, 2.24) is 0 Å². The Balaban J connectivity index is 2.60. The van der Waals surface area contributed by atoms with Crippen LogP contribution < -0.4 is 0 Å². The monoisotopic (exact) mass is 284 g/mol. The van der Waals surface area contributed by atoms with E-state index >= 15 is 0 Å². The number of allylic oxidation sites excluding steroid dienone is 1. The van der Waals surface area contributed by atoms with Crippen LogP contribution in [0.4, 0.5) is 0 Å². The minimum Gasteiger partial charge on any atom is -0.463 e. The molecule has 1 heterocycles. The van der Waals surface area contributed by atoms with E-state index in [-0.39, 0.29) is 6.61 Å². The number of rotatable bonds is 6. The topological polar surface area (TPSA) is 71.1 Å². The van der Waals surface area contributed by atoms with Gasteiger partial charge < -0.3 is 18.9 Å². The van der Waals surface area contributed by atoms with Gasteiger partial charge in [-0.25, -0.2) is 0 Å². The number of hydrogen-bond acceptors (Lipinski definition) is 6. The lowest BCUT2D eigenvalue weighted by molar-refractivity contribution is -0.194. The predicted octanol–water partition coefficient (Wildman–Crippen LogP) is 1.35. The van der Waals surface area contributed by atoms with Gasteiger partial charge in [0.2, 0.25) is 0 Å². The van der Waals surface area contributed by atoms with Gasteiger partial charge in [-0.2, -0.15) is 0 Å². The number of carbonyl (C=O) groups is 2. The fourth-order valence-electron chi connectivity index (χ4n) is 1.60. The molecule has 1 aliphatic heterocycles. The Kier molecular flexibility index (Phi) is 6.97. The fraction of sp³-hybridized carbons (Fsp3) is 0.571. The molecular formula is C14H20O6. The molecular weight excluding hydrogens is 264 g/mol. The molecule has 0 N–H and O–H groups in total. The molecule has 20 heavy (non-hydrogen) atoms. The summed E-state index contributed by atoms with van der Waals surface area (Å²) in [5, 5.41) is 0. The first kappa shape index (κ1) is 16.4. The van der Waals surface area contributed by atoms with Crippen molar-refractivity contribution >= 4 is 11.9 Å². The second kappa shape index (κ2) is 8.50. The molecule has 0 aliphatic carbocycles. The minimum atomic E-state index is -0.589. The summed E-state index contributed by atoms with van der Waals surface area (Å²) in [7, 11) is 0. The van der Waals surface area contributed by atoms with Crippen LogP contribution in [0.3, 0.4) is 0 Å². The molecule has 0 aromatic carbocycles. The van der Waals surface area contributed by atoms with Crippen molar-refractivity contribution in [2.75, 3.05) is 13.2 Å². The molecule has 0 unspecified atom stereocenters. The molecule has 0 spiro atoms. The molecule has 1 aliphatic rings. The molecule has 112 valence electrons. The van der Waals surface area contributed by atoms with Crippen molar-refractivity contribution in [3.63, 3.8) is 0 Å². The molecule has 1 rings (SSSR count). The van der Waals surface area contributed by atoms with Crippen LogP contribution in [0.1, 0.15) is 20.8 Å². The van der Waals surface area contributed by atoms with Gasteiger partial charge in [-0.15, -0.1) is 0 Å². The van der Waals surface area contributed by atoms with Crippen LogP contribution in [0.15, 0.2) is 24.3 Å². The summed E-state index contributed by atoms with van der Waals surface area (Å²) in [6, 6.07) is 0. The van der Waals surface area contributed by atoms with Crippen LogP contribution in [0.25, 0.3) is 0 Å². The highest BCUT2D eigenvalue weighted by atomic mass is 16.7. The van der Waals surface area contributed by atoms with Gasteiger partial charge in [-0.1, -0.05) is 12.2 Å². The zero-order valence-corrected chi connectivity index (χ0v) is 11.9. The van der Waals surface area contributed by atoms with Gasteiger partial charge >= 0.3 is 11.9 Å². The normalized spacial score (nSPS) is 25.6. The maximum Gasteiger partial charge on any atom is 0.303 e. The maximum atomic E-state index is 11.0. The number of carbonyl (C=O) groups excluding carboxylic acids is 2. The molecule has 0 radical (unpaired) electrons. The van der Waals surface area contributed by atoms with Crippen molar-refractivity contribution in [1.29, 1.82) is 0 Å². The fourth-order valence-corrected chi connectivity index (χ4v) is 1.60. The highest BCUT2D eigenvalue weighted by molar-refractivity contribution is 5.66. The van der Waals surface area contributed by atoms with E-state index in [1.807, 2.05) is 19.1 Å². The standard InChI is InChI=1S/C14H20O6/c1-4-5-8-17-14-7-6-12(19-11(3)16)13(20-14)9-18-10(2)15/h4-7,12-14H,8-9H2,1-3H3/b5-4+/t12-,13+,14-/m0/s1. The van der Waals surface area contributed by atoms with Gasteiger partial charge in [0.25, 0.3) is 0 Å². The van der Waals surface area contributed by atoms with Crippen molar-refractivity contribution < 1.29 is 28.5 Å². The van der Waals surface area contributed by atoms with Crippen LogP contribution in [0.2, 0.25) is 0 Å². The first-order valence-corrected chi connectivity index (χ1v) is 6.40. The van der Waals surface area contributed by atoms with E-state index < -0.39 is 30.4 Å². The largest absolute Gasteiger partial charge is 0.463 e. The summed E-state index contributed by atoms with van der Waals surface area (Å²) in [5.41, 5.74) is 0. The molecule has 0 aromatic rings. The van der Waals surface area contributed by atoms with Crippen molar-refractivity contribution in [3.05, 3.63) is 24.3 Å². The van der Waals surface area contributed by atoms with E-state index in [0.717, 1.165) is 0 Å². The molecule has 6 nitrogen and oxygen atoms in total. The lowest BCUT2D eigenvalue weighted by Gasteiger charge is -2.31. The zero-order chi connectivity index (χ0) is 15.0. The first-order valence-electron chi connectivity index (χ1n) is 6.40. The second-order valence-corrected chi connectivity index (χ2v) is 4.21. The second-order valence-electron chi connectivity index (χ2n) is 4.21. The molecule has 3 atom stereocenters. The van der Waals surface area contributed by atoms with Gasteiger partial charge in [0.15, 0.2) is 6.29 Å². The van der Waals surface area contributed by atoms with E-state index in [0.29, 0.717) is 6.61 Å². The van der Waals surface area contributed by atoms with E-state index in [2.05, 4.69) is 0 Å². The molecule has 0 amide bonds. The highest BCUT2D eigenvalue weighted by Gasteiger charge is 2.30. The van der Waals surface area contributed by atoms with Crippen molar-refractivity contribution in [2.45, 2.75) is 39.3 Å². The third kappa shape index (κ3) is 5.99. The van der Waals surface area contributed by atoms with Crippen molar-refractivity contribution in [2.24, 2.45) is 0 Å². The summed E-state index contributed by atoms with van der Waals surface area (Å²) in [5.74, 6) is -0.847. The Hall–Kier alpha value is -1.66. The summed E-state index contributed by atoms with van der Waals surface area (Å²) in [6.45, 7) is 4.91. The Bertz CT molecular complexity index is 387. The molecule has 0 fully saturated rings. The SMILES string of the molecule is C/C=C/CO[C@@H]1C=C[C@H](OC(C)=O)[C@@H](COC(C)=O)O1. The Morgan fingerprint density at radius 2 is 2.00 bits per heavy atom.